The molecule has 19 heavy (non-hydrogen) atoms. The van der Waals surface area contributed by atoms with Gasteiger partial charge in [-0.1, -0.05) is 32.0 Å². The summed E-state index contributed by atoms with van der Waals surface area (Å²) < 4.78 is 0. The highest BCUT2D eigenvalue weighted by molar-refractivity contribution is 5.84. The van der Waals surface area contributed by atoms with Crippen LogP contribution >= 0.6 is 0 Å². The van der Waals surface area contributed by atoms with Crippen LogP contribution in [-0.4, -0.2) is 31.0 Å². The van der Waals surface area contributed by atoms with Gasteiger partial charge in [0, 0.05) is 29.1 Å². The van der Waals surface area contributed by atoms with Gasteiger partial charge in [0.15, 0.2) is 0 Å². The minimum atomic E-state index is -0.108. The van der Waals surface area contributed by atoms with Gasteiger partial charge in [-0.05, 0) is 18.7 Å². The van der Waals surface area contributed by atoms with Crippen LogP contribution in [0.25, 0.3) is 10.9 Å². The number of amides is 1. The second-order valence-electron chi connectivity index (χ2n) is 5.44. The molecule has 0 saturated heterocycles. The molecule has 0 saturated carbocycles. The number of para-hydroxylation sites is 1. The molecule has 0 aliphatic rings. The molecule has 4 nitrogen and oxygen atoms in total. The number of aromatic nitrogens is 1. The molecule has 0 fully saturated rings. The Hall–Kier alpha value is -1.81. The van der Waals surface area contributed by atoms with E-state index < -0.39 is 0 Å². The molecule has 4 heteroatoms. The molecule has 2 aromatic rings. The summed E-state index contributed by atoms with van der Waals surface area (Å²) in [6, 6.07) is 8.23. The van der Waals surface area contributed by atoms with Crippen molar-refractivity contribution in [2.75, 3.05) is 20.1 Å². The largest absolute Gasteiger partial charge is 0.361 e. The fraction of sp³-hybridized carbons (Fsp3) is 0.400. The van der Waals surface area contributed by atoms with Crippen LogP contribution < -0.4 is 10.6 Å². The fourth-order valence-corrected chi connectivity index (χ4v) is 2.27. The Labute approximate surface area is 113 Å². The molecule has 1 aromatic carbocycles. The summed E-state index contributed by atoms with van der Waals surface area (Å²) in [5.74, 6) is 0.0235. The standard InChI is InChI=1S/C15H21N3O/c1-15(2,10-18-14(19)9-16-3)12-8-17-13-7-5-4-6-11(12)13/h4-8,16-17H,9-10H2,1-3H3,(H,18,19). The van der Waals surface area contributed by atoms with Gasteiger partial charge >= 0.3 is 0 Å². The van der Waals surface area contributed by atoms with E-state index in [4.69, 9.17) is 0 Å². The van der Waals surface area contributed by atoms with Crippen molar-refractivity contribution in [2.45, 2.75) is 19.3 Å². The number of H-pyrrole nitrogens is 1. The van der Waals surface area contributed by atoms with Crippen LogP contribution in [0.3, 0.4) is 0 Å². The summed E-state index contributed by atoms with van der Waals surface area (Å²) in [5, 5.41) is 7.03. The maximum absolute atomic E-state index is 11.5. The van der Waals surface area contributed by atoms with Gasteiger partial charge in [0.1, 0.15) is 0 Å². The Morgan fingerprint density at radius 1 is 1.32 bits per heavy atom. The Morgan fingerprint density at radius 2 is 2.05 bits per heavy atom. The molecule has 0 aliphatic carbocycles. The molecular formula is C15H21N3O. The molecule has 1 aromatic heterocycles. The number of carbonyl (C=O) groups is 1. The van der Waals surface area contributed by atoms with Gasteiger partial charge in [-0.3, -0.25) is 4.79 Å². The van der Waals surface area contributed by atoms with E-state index >= 15 is 0 Å². The fourth-order valence-electron chi connectivity index (χ4n) is 2.27. The average molecular weight is 259 g/mol. The maximum atomic E-state index is 11.5. The van der Waals surface area contributed by atoms with E-state index in [9.17, 15) is 4.79 Å². The summed E-state index contributed by atoms with van der Waals surface area (Å²) >= 11 is 0. The lowest BCUT2D eigenvalue weighted by atomic mass is 9.84. The first kappa shape index (κ1) is 13.6. The third-order valence-corrected chi connectivity index (χ3v) is 3.38. The molecule has 0 bridgehead atoms. The van der Waals surface area contributed by atoms with Crippen molar-refractivity contribution in [3.8, 4) is 0 Å². The molecule has 0 unspecified atom stereocenters. The molecular weight excluding hydrogens is 238 g/mol. The van der Waals surface area contributed by atoms with Gasteiger partial charge in [0.05, 0.1) is 6.54 Å². The second kappa shape index (κ2) is 5.45. The van der Waals surface area contributed by atoms with E-state index in [2.05, 4.69) is 41.6 Å². The molecule has 0 spiro atoms. The summed E-state index contributed by atoms with van der Waals surface area (Å²) in [4.78, 5) is 14.8. The topological polar surface area (TPSA) is 56.9 Å². The molecule has 2 rings (SSSR count). The van der Waals surface area contributed by atoms with Crippen molar-refractivity contribution < 1.29 is 4.79 Å². The third kappa shape index (κ3) is 2.96. The van der Waals surface area contributed by atoms with Crippen molar-refractivity contribution in [3.63, 3.8) is 0 Å². The van der Waals surface area contributed by atoms with Gasteiger partial charge in [0.2, 0.25) is 5.91 Å². The highest BCUT2D eigenvalue weighted by atomic mass is 16.1. The number of benzene rings is 1. The molecule has 0 atom stereocenters. The quantitative estimate of drug-likeness (QED) is 0.766. The zero-order chi connectivity index (χ0) is 13.9. The van der Waals surface area contributed by atoms with Gasteiger partial charge in [-0.25, -0.2) is 0 Å². The van der Waals surface area contributed by atoms with Crippen LogP contribution in [0.1, 0.15) is 19.4 Å². The Morgan fingerprint density at radius 3 is 2.79 bits per heavy atom. The van der Waals surface area contributed by atoms with Crippen molar-refractivity contribution in [1.29, 1.82) is 0 Å². The zero-order valence-corrected chi connectivity index (χ0v) is 11.7. The normalized spacial score (nSPS) is 11.7. The molecule has 0 aliphatic heterocycles. The van der Waals surface area contributed by atoms with Crippen molar-refractivity contribution in [2.24, 2.45) is 0 Å². The number of likely N-dealkylation sites (N-methyl/N-ethyl adjacent to an activating group) is 1. The number of hydrogen-bond acceptors (Lipinski definition) is 2. The second-order valence-corrected chi connectivity index (χ2v) is 5.44. The lowest BCUT2D eigenvalue weighted by Crippen LogP contribution is -2.40. The van der Waals surface area contributed by atoms with Crippen LogP contribution in [0.15, 0.2) is 30.5 Å². The maximum Gasteiger partial charge on any atom is 0.233 e. The van der Waals surface area contributed by atoms with Crippen molar-refractivity contribution in [1.82, 2.24) is 15.6 Å². The Kier molecular flexibility index (Phi) is 3.90. The van der Waals surface area contributed by atoms with E-state index in [0.29, 0.717) is 13.1 Å². The van der Waals surface area contributed by atoms with Gasteiger partial charge in [-0.2, -0.15) is 0 Å². The number of carbonyl (C=O) groups excluding carboxylic acids is 1. The first-order chi connectivity index (χ1) is 9.04. The number of aromatic amines is 1. The Balaban J connectivity index is 2.17. The number of fused-ring (bicyclic) bond motifs is 1. The van der Waals surface area contributed by atoms with E-state index in [-0.39, 0.29) is 11.3 Å². The predicted octanol–water partition coefficient (Wildman–Crippen LogP) is 1.78. The smallest absolute Gasteiger partial charge is 0.233 e. The molecule has 1 amide bonds. The number of rotatable bonds is 5. The first-order valence-corrected chi connectivity index (χ1v) is 6.52. The van der Waals surface area contributed by atoms with E-state index in [0.717, 1.165) is 5.52 Å². The SMILES string of the molecule is CNCC(=O)NCC(C)(C)c1c[nH]c2ccccc12. The summed E-state index contributed by atoms with van der Waals surface area (Å²) in [7, 11) is 1.77. The minimum Gasteiger partial charge on any atom is -0.361 e. The van der Waals surface area contributed by atoms with Crippen molar-refractivity contribution >= 4 is 16.8 Å². The highest BCUT2D eigenvalue weighted by Gasteiger charge is 2.24. The summed E-state index contributed by atoms with van der Waals surface area (Å²) in [6.45, 7) is 5.25. The first-order valence-electron chi connectivity index (χ1n) is 6.52. The number of hydrogen-bond donors (Lipinski definition) is 3. The third-order valence-electron chi connectivity index (χ3n) is 3.38. The highest BCUT2D eigenvalue weighted by Crippen LogP contribution is 2.29. The Bertz CT molecular complexity index is 572. The van der Waals surface area contributed by atoms with Crippen molar-refractivity contribution in [3.05, 3.63) is 36.0 Å². The molecule has 1 heterocycles. The number of nitrogens with one attached hydrogen (secondary N) is 3. The summed E-state index contributed by atoms with van der Waals surface area (Å²) in [5.41, 5.74) is 2.25. The average Bonchev–Trinajstić information content (AvgIpc) is 2.81. The monoisotopic (exact) mass is 259 g/mol. The van der Waals surface area contributed by atoms with Crippen LogP contribution in [0.4, 0.5) is 0 Å². The van der Waals surface area contributed by atoms with E-state index in [1.54, 1.807) is 7.05 Å². The van der Waals surface area contributed by atoms with Crippen LogP contribution in [0, 0.1) is 0 Å². The predicted molar refractivity (Wildman–Crippen MR) is 78.3 cm³/mol. The lowest BCUT2D eigenvalue weighted by molar-refractivity contribution is -0.120. The molecule has 102 valence electrons. The van der Waals surface area contributed by atoms with Gasteiger partial charge < -0.3 is 15.6 Å². The molecule has 0 radical (unpaired) electrons. The van der Waals surface area contributed by atoms with E-state index in [1.807, 2.05) is 18.3 Å². The minimum absolute atomic E-state index is 0.0235. The van der Waals surface area contributed by atoms with Gasteiger partial charge in [-0.15, -0.1) is 0 Å². The summed E-state index contributed by atoms with van der Waals surface area (Å²) in [6.07, 6.45) is 2.04. The van der Waals surface area contributed by atoms with E-state index in [1.165, 1.54) is 10.9 Å². The van der Waals surface area contributed by atoms with Crippen LogP contribution in [-0.2, 0) is 10.2 Å². The van der Waals surface area contributed by atoms with Crippen LogP contribution in [0.2, 0.25) is 0 Å². The lowest BCUT2D eigenvalue weighted by Gasteiger charge is -2.25. The van der Waals surface area contributed by atoms with Gasteiger partial charge in [0.25, 0.3) is 0 Å². The zero-order valence-electron chi connectivity index (χ0n) is 11.7. The molecule has 3 N–H and O–H groups in total. The van der Waals surface area contributed by atoms with Crippen LogP contribution in [0.5, 0.6) is 0 Å².